The Morgan fingerprint density at radius 3 is 2.94 bits per heavy atom. The van der Waals surface area contributed by atoms with E-state index in [1.54, 1.807) is 12.1 Å². The zero-order valence-corrected chi connectivity index (χ0v) is 9.31. The van der Waals surface area contributed by atoms with Gasteiger partial charge in [0.05, 0.1) is 17.7 Å². The Morgan fingerprint density at radius 2 is 2.31 bits per heavy atom. The summed E-state index contributed by atoms with van der Waals surface area (Å²) in [6, 6.07) is 7.41. The third-order valence-electron chi connectivity index (χ3n) is 2.89. The Labute approximate surface area is 95.3 Å². The molecular formula is C13H15NO2. The van der Waals surface area contributed by atoms with Crippen LogP contribution >= 0.6 is 0 Å². The molecule has 0 saturated heterocycles. The van der Waals surface area contributed by atoms with Crippen molar-refractivity contribution >= 4 is 0 Å². The Balaban J connectivity index is 1.99. The molecule has 1 fully saturated rings. The van der Waals surface area contributed by atoms with Gasteiger partial charge in [0.15, 0.2) is 0 Å². The molecule has 1 aromatic carbocycles. The number of benzene rings is 1. The number of nitrogens with zero attached hydrogens (tertiary/aromatic N) is 1. The van der Waals surface area contributed by atoms with E-state index in [-0.39, 0.29) is 6.10 Å². The summed E-state index contributed by atoms with van der Waals surface area (Å²) in [5, 5.41) is 18.5. The van der Waals surface area contributed by atoms with Crippen LogP contribution in [0, 0.1) is 24.2 Å². The van der Waals surface area contributed by atoms with Crippen LogP contribution in [0.2, 0.25) is 0 Å². The van der Waals surface area contributed by atoms with Gasteiger partial charge in [0.2, 0.25) is 0 Å². The molecule has 0 bridgehead atoms. The molecule has 1 aliphatic rings. The maximum absolute atomic E-state index is 9.68. The highest BCUT2D eigenvalue weighted by atomic mass is 16.5. The summed E-state index contributed by atoms with van der Waals surface area (Å²) in [6.07, 6.45) is 1.83. The normalized spacial score (nSPS) is 16.6. The summed E-state index contributed by atoms with van der Waals surface area (Å²) in [5.41, 5.74) is 1.57. The first-order chi connectivity index (χ1) is 7.70. The molecule has 2 rings (SSSR count). The molecule has 0 amide bonds. The van der Waals surface area contributed by atoms with Gasteiger partial charge in [-0.05, 0) is 43.4 Å². The maximum atomic E-state index is 9.68. The van der Waals surface area contributed by atoms with Crippen molar-refractivity contribution < 1.29 is 9.84 Å². The van der Waals surface area contributed by atoms with E-state index < -0.39 is 0 Å². The van der Waals surface area contributed by atoms with Gasteiger partial charge in [-0.1, -0.05) is 6.07 Å². The molecule has 0 heterocycles. The van der Waals surface area contributed by atoms with Crippen LogP contribution in [0.4, 0.5) is 0 Å². The zero-order valence-electron chi connectivity index (χ0n) is 9.31. The topological polar surface area (TPSA) is 53.2 Å². The molecule has 3 heteroatoms. The quantitative estimate of drug-likeness (QED) is 0.839. The number of hydrogen-bond donors (Lipinski definition) is 1. The van der Waals surface area contributed by atoms with E-state index in [1.807, 2.05) is 13.0 Å². The van der Waals surface area contributed by atoms with Gasteiger partial charge >= 0.3 is 0 Å². The first-order valence-electron chi connectivity index (χ1n) is 5.52. The summed E-state index contributed by atoms with van der Waals surface area (Å²) in [7, 11) is 0. The fourth-order valence-corrected chi connectivity index (χ4v) is 1.62. The molecule has 1 aliphatic carbocycles. The number of hydrogen-bond acceptors (Lipinski definition) is 3. The SMILES string of the molecule is Cc1ccc(C#N)cc1OCC(O)C1CC1. The van der Waals surface area contributed by atoms with Crippen molar-refractivity contribution in [1.82, 2.24) is 0 Å². The maximum Gasteiger partial charge on any atom is 0.123 e. The molecule has 1 saturated carbocycles. The van der Waals surface area contributed by atoms with E-state index in [9.17, 15) is 5.11 Å². The minimum absolute atomic E-state index is 0.320. The van der Waals surface area contributed by atoms with Gasteiger partial charge < -0.3 is 9.84 Å². The van der Waals surface area contributed by atoms with Crippen molar-refractivity contribution in [2.45, 2.75) is 25.9 Å². The van der Waals surface area contributed by atoms with E-state index in [2.05, 4.69) is 6.07 Å². The van der Waals surface area contributed by atoms with E-state index >= 15 is 0 Å². The molecule has 0 aliphatic heterocycles. The minimum atomic E-state index is -0.370. The Hall–Kier alpha value is -1.53. The number of aryl methyl sites for hydroxylation is 1. The predicted molar refractivity (Wildman–Crippen MR) is 60.1 cm³/mol. The van der Waals surface area contributed by atoms with Gasteiger partial charge in [-0.15, -0.1) is 0 Å². The second kappa shape index (κ2) is 4.54. The van der Waals surface area contributed by atoms with E-state index in [1.165, 1.54) is 0 Å². The van der Waals surface area contributed by atoms with Gasteiger partial charge in [0.25, 0.3) is 0 Å². The van der Waals surface area contributed by atoms with Crippen molar-refractivity contribution in [3.63, 3.8) is 0 Å². The smallest absolute Gasteiger partial charge is 0.123 e. The summed E-state index contributed by atoms with van der Waals surface area (Å²) in [5.74, 6) is 1.11. The first-order valence-corrected chi connectivity index (χ1v) is 5.52. The largest absolute Gasteiger partial charge is 0.491 e. The molecule has 0 radical (unpaired) electrons. The van der Waals surface area contributed by atoms with E-state index in [0.717, 1.165) is 18.4 Å². The summed E-state index contributed by atoms with van der Waals surface area (Å²) >= 11 is 0. The van der Waals surface area contributed by atoms with Crippen LogP contribution in [0.5, 0.6) is 5.75 Å². The number of aliphatic hydroxyl groups is 1. The Morgan fingerprint density at radius 1 is 1.56 bits per heavy atom. The van der Waals surface area contributed by atoms with E-state index in [4.69, 9.17) is 10.00 Å². The average Bonchev–Trinajstić information content (AvgIpc) is 3.11. The van der Waals surface area contributed by atoms with Crippen LogP contribution < -0.4 is 4.74 Å². The molecular weight excluding hydrogens is 202 g/mol. The predicted octanol–water partition coefficient (Wildman–Crippen LogP) is 2.02. The highest BCUT2D eigenvalue weighted by Crippen LogP contribution is 2.33. The van der Waals surface area contributed by atoms with Gasteiger partial charge in [0, 0.05) is 0 Å². The Bertz CT molecular complexity index is 418. The third kappa shape index (κ3) is 2.53. The summed E-state index contributed by atoms with van der Waals surface area (Å²) < 4.78 is 5.54. The standard InChI is InChI=1S/C13H15NO2/c1-9-2-3-10(7-14)6-13(9)16-8-12(15)11-4-5-11/h2-3,6,11-12,15H,4-5,8H2,1H3. The first kappa shape index (κ1) is 11.0. The number of ether oxygens (including phenoxy) is 1. The van der Waals surface area contributed by atoms with Crippen molar-refractivity contribution in [2.75, 3.05) is 6.61 Å². The van der Waals surface area contributed by atoms with Crippen molar-refractivity contribution in [3.8, 4) is 11.8 Å². The molecule has 84 valence electrons. The molecule has 0 spiro atoms. The van der Waals surface area contributed by atoms with Gasteiger partial charge in [0.1, 0.15) is 12.4 Å². The highest BCUT2D eigenvalue weighted by Gasteiger charge is 2.30. The summed E-state index contributed by atoms with van der Waals surface area (Å²) in [4.78, 5) is 0. The van der Waals surface area contributed by atoms with Crippen molar-refractivity contribution in [2.24, 2.45) is 5.92 Å². The van der Waals surface area contributed by atoms with Crippen LogP contribution in [-0.2, 0) is 0 Å². The molecule has 1 N–H and O–H groups in total. The highest BCUT2D eigenvalue weighted by molar-refractivity contribution is 5.41. The lowest BCUT2D eigenvalue weighted by Gasteiger charge is -2.13. The molecule has 16 heavy (non-hydrogen) atoms. The van der Waals surface area contributed by atoms with Crippen LogP contribution in [0.25, 0.3) is 0 Å². The van der Waals surface area contributed by atoms with Crippen LogP contribution in [0.1, 0.15) is 24.0 Å². The number of aliphatic hydroxyl groups excluding tert-OH is 1. The Kier molecular flexibility index (Phi) is 3.12. The molecule has 3 nitrogen and oxygen atoms in total. The molecule has 0 aromatic heterocycles. The van der Waals surface area contributed by atoms with E-state index in [0.29, 0.717) is 23.8 Å². The van der Waals surface area contributed by atoms with Gasteiger partial charge in [-0.3, -0.25) is 0 Å². The third-order valence-corrected chi connectivity index (χ3v) is 2.89. The lowest BCUT2D eigenvalue weighted by Crippen LogP contribution is -2.19. The number of rotatable bonds is 4. The summed E-state index contributed by atoms with van der Waals surface area (Å²) in [6.45, 7) is 2.25. The molecule has 1 unspecified atom stereocenters. The van der Waals surface area contributed by atoms with Gasteiger partial charge in [-0.2, -0.15) is 5.26 Å². The lowest BCUT2D eigenvalue weighted by atomic mass is 10.1. The van der Waals surface area contributed by atoms with Crippen LogP contribution in [0.15, 0.2) is 18.2 Å². The second-order valence-corrected chi connectivity index (χ2v) is 4.31. The van der Waals surface area contributed by atoms with Crippen molar-refractivity contribution in [3.05, 3.63) is 29.3 Å². The zero-order chi connectivity index (χ0) is 11.5. The number of nitriles is 1. The fourth-order valence-electron chi connectivity index (χ4n) is 1.62. The minimum Gasteiger partial charge on any atom is -0.491 e. The monoisotopic (exact) mass is 217 g/mol. The van der Waals surface area contributed by atoms with Crippen LogP contribution in [-0.4, -0.2) is 17.8 Å². The second-order valence-electron chi connectivity index (χ2n) is 4.31. The van der Waals surface area contributed by atoms with Crippen molar-refractivity contribution in [1.29, 1.82) is 5.26 Å². The van der Waals surface area contributed by atoms with Crippen LogP contribution in [0.3, 0.4) is 0 Å². The fraction of sp³-hybridized carbons (Fsp3) is 0.462. The lowest BCUT2D eigenvalue weighted by molar-refractivity contribution is 0.0891. The van der Waals surface area contributed by atoms with Gasteiger partial charge in [-0.25, -0.2) is 0 Å². The average molecular weight is 217 g/mol. The molecule has 1 aromatic rings. The molecule has 1 atom stereocenters.